The summed E-state index contributed by atoms with van der Waals surface area (Å²) >= 11 is 0. The predicted octanol–water partition coefficient (Wildman–Crippen LogP) is 2.03. The first-order chi connectivity index (χ1) is 8.67. The van der Waals surface area contributed by atoms with Crippen LogP contribution in [0.2, 0.25) is 0 Å². The van der Waals surface area contributed by atoms with Crippen molar-refractivity contribution in [2.24, 2.45) is 0 Å². The number of esters is 1. The Kier molecular flexibility index (Phi) is 3.79. The van der Waals surface area contributed by atoms with E-state index in [0.29, 0.717) is 12.1 Å². The minimum Gasteiger partial charge on any atom is -0.464 e. The predicted molar refractivity (Wildman–Crippen MR) is 68.6 cm³/mol. The van der Waals surface area contributed by atoms with E-state index >= 15 is 0 Å². The van der Waals surface area contributed by atoms with Crippen LogP contribution >= 0.6 is 0 Å². The van der Waals surface area contributed by atoms with Gasteiger partial charge in [0.05, 0.1) is 19.5 Å². The van der Waals surface area contributed by atoms with Crippen molar-refractivity contribution >= 4 is 11.8 Å². The molecule has 1 aliphatic rings. The molecule has 0 amide bonds. The molecule has 0 aliphatic carbocycles. The molecule has 2 unspecified atom stereocenters. The summed E-state index contributed by atoms with van der Waals surface area (Å²) in [6.07, 6.45) is 6.56. The topological polar surface area (TPSA) is 55.3 Å². The average Bonchev–Trinajstić information content (AvgIpc) is 2.79. The van der Waals surface area contributed by atoms with Crippen LogP contribution in [0.1, 0.15) is 43.6 Å². The minimum atomic E-state index is -0.441. The van der Waals surface area contributed by atoms with Crippen LogP contribution in [0.3, 0.4) is 0 Å². The van der Waals surface area contributed by atoms with Crippen molar-refractivity contribution in [3.63, 3.8) is 0 Å². The number of hydrogen-bond acceptors (Lipinski definition) is 5. The Hall–Kier alpha value is -1.65. The molecule has 0 bridgehead atoms. The van der Waals surface area contributed by atoms with Crippen LogP contribution in [-0.4, -0.2) is 35.1 Å². The van der Waals surface area contributed by atoms with Crippen molar-refractivity contribution in [3.05, 3.63) is 18.1 Å². The summed E-state index contributed by atoms with van der Waals surface area (Å²) < 4.78 is 4.67. The second-order valence-electron chi connectivity index (χ2n) is 4.65. The highest BCUT2D eigenvalue weighted by atomic mass is 16.5. The Morgan fingerprint density at radius 2 is 2.28 bits per heavy atom. The molecule has 98 valence electrons. The summed E-state index contributed by atoms with van der Waals surface area (Å²) in [6.45, 7) is 4.36. The van der Waals surface area contributed by atoms with Crippen molar-refractivity contribution < 1.29 is 9.53 Å². The van der Waals surface area contributed by atoms with Crippen molar-refractivity contribution in [2.45, 2.75) is 45.2 Å². The first-order valence-electron chi connectivity index (χ1n) is 6.36. The van der Waals surface area contributed by atoms with E-state index in [9.17, 15) is 4.79 Å². The Morgan fingerprint density at radius 1 is 1.50 bits per heavy atom. The maximum absolute atomic E-state index is 11.5. The van der Waals surface area contributed by atoms with Gasteiger partial charge in [-0.25, -0.2) is 9.78 Å². The number of rotatable bonds is 3. The van der Waals surface area contributed by atoms with Gasteiger partial charge in [-0.15, -0.1) is 0 Å². The third kappa shape index (κ3) is 2.30. The van der Waals surface area contributed by atoms with E-state index in [1.807, 2.05) is 0 Å². The van der Waals surface area contributed by atoms with Gasteiger partial charge in [-0.1, -0.05) is 6.92 Å². The molecule has 0 aromatic carbocycles. The Morgan fingerprint density at radius 3 is 2.94 bits per heavy atom. The monoisotopic (exact) mass is 249 g/mol. The smallest absolute Gasteiger partial charge is 0.358 e. The molecule has 0 spiro atoms. The normalized spacial score (nSPS) is 23.2. The molecule has 5 nitrogen and oxygen atoms in total. The van der Waals surface area contributed by atoms with E-state index in [2.05, 4.69) is 33.5 Å². The fourth-order valence-electron chi connectivity index (χ4n) is 2.57. The molecule has 2 atom stereocenters. The molecule has 1 saturated heterocycles. The highest BCUT2D eigenvalue weighted by Crippen LogP contribution is 2.30. The number of anilines is 1. The molecule has 2 heterocycles. The van der Waals surface area contributed by atoms with Gasteiger partial charge < -0.3 is 9.64 Å². The lowest BCUT2D eigenvalue weighted by molar-refractivity contribution is 0.0593. The van der Waals surface area contributed by atoms with Gasteiger partial charge >= 0.3 is 5.97 Å². The number of methoxy groups -OCH3 is 1. The maximum atomic E-state index is 11.5. The highest BCUT2D eigenvalue weighted by Gasteiger charge is 2.30. The minimum absolute atomic E-state index is 0.268. The molecule has 0 radical (unpaired) electrons. The second-order valence-corrected chi connectivity index (χ2v) is 4.65. The number of nitrogens with zero attached hydrogens (tertiary/aromatic N) is 3. The van der Waals surface area contributed by atoms with Crippen molar-refractivity contribution in [1.82, 2.24) is 9.97 Å². The van der Waals surface area contributed by atoms with Gasteiger partial charge in [0.1, 0.15) is 5.82 Å². The van der Waals surface area contributed by atoms with Gasteiger partial charge in [0.15, 0.2) is 5.69 Å². The largest absolute Gasteiger partial charge is 0.464 e. The summed E-state index contributed by atoms with van der Waals surface area (Å²) in [5.74, 6) is 0.332. The number of carbonyl (C=O) groups is 1. The van der Waals surface area contributed by atoms with Gasteiger partial charge in [-0.3, -0.25) is 4.98 Å². The zero-order chi connectivity index (χ0) is 13.1. The SMILES string of the molecule is CCC1CCC(C)N1c1cncc(C(=O)OC)n1. The molecular formula is C13H19N3O2. The van der Waals surface area contributed by atoms with Gasteiger partial charge in [-0.2, -0.15) is 0 Å². The van der Waals surface area contributed by atoms with Crippen LogP contribution < -0.4 is 4.90 Å². The zero-order valence-electron chi connectivity index (χ0n) is 11.1. The quantitative estimate of drug-likeness (QED) is 0.767. The maximum Gasteiger partial charge on any atom is 0.358 e. The highest BCUT2D eigenvalue weighted by molar-refractivity contribution is 5.87. The molecule has 0 N–H and O–H groups in total. The van der Waals surface area contributed by atoms with Gasteiger partial charge in [-0.05, 0) is 26.2 Å². The van der Waals surface area contributed by atoms with Crippen LogP contribution in [-0.2, 0) is 4.74 Å². The van der Waals surface area contributed by atoms with Crippen LogP contribution in [0.5, 0.6) is 0 Å². The molecule has 1 aliphatic heterocycles. The lowest BCUT2D eigenvalue weighted by Crippen LogP contribution is -2.35. The summed E-state index contributed by atoms with van der Waals surface area (Å²) in [4.78, 5) is 22.2. The van der Waals surface area contributed by atoms with E-state index in [-0.39, 0.29) is 5.69 Å². The fourth-order valence-corrected chi connectivity index (χ4v) is 2.57. The number of ether oxygens (including phenoxy) is 1. The molecule has 1 aromatic rings. The zero-order valence-corrected chi connectivity index (χ0v) is 11.1. The van der Waals surface area contributed by atoms with E-state index in [1.54, 1.807) is 6.20 Å². The molecule has 18 heavy (non-hydrogen) atoms. The number of aromatic nitrogens is 2. The molecular weight excluding hydrogens is 230 g/mol. The van der Waals surface area contributed by atoms with Crippen molar-refractivity contribution in [3.8, 4) is 0 Å². The van der Waals surface area contributed by atoms with E-state index in [4.69, 9.17) is 0 Å². The molecule has 5 heteroatoms. The first-order valence-corrected chi connectivity index (χ1v) is 6.36. The van der Waals surface area contributed by atoms with Crippen LogP contribution in [0.15, 0.2) is 12.4 Å². The first kappa shape index (κ1) is 12.8. The lowest BCUT2D eigenvalue weighted by Gasteiger charge is -2.28. The number of hydrogen-bond donors (Lipinski definition) is 0. The summed E-state index contributed by atoms with van der Waals surface area (Å²) in [5.41, 5.74) is 0.268. The second kappa shape index (κ2) is 5.33. The van der Waals surface area contributed by atoms with Crippen LogP contribution in [0.4, 0.5) is 5.82 Å². The molecule has 1 fully saturated rings. The summed E-state index contributed by atoms with van der Waals surface area (Å²) in [7, 11) is 1.35. The summed E-state index contributed by atoms with van der Waals surface area (Å²) in [5, 5.41) is 0. The average molecular weight is 249 g/mol. The van der Waals surface area contributed by atoms with Crippen LogP contribution in [0.25, 0.3) is 0 Å². The van der Waals surface area contributed by atoms with Crippen molar-refractivity contribution in [1.29, 1.82) is 0 Å². The summed E-state index contributed by atoms with van der Waals surface area (Å²) in [6, 6.07) is 0.930. The van der Waals surface area contributed by atoms with Gasteiger partial charge in [0.2, 0.25) is 0 Å². The molecule has 0 saturated carbocycles. The third-order valence-corrected chi connectivity index (χ3v) is 3.54. The molecule has 1 aromatic heterocycles. The molecule has 2 rings (SSSR count). The van der Waals surface area contributed by atoms with Gasteiger partial charge in [0, 0.05) is 12.1 Å². The number of carbonyl (C=O) groups excluding carboxylic acids is 1. The van der Waals surface area contributed by atoms with E-state index in [0.717, 1.165) is 18.7 Å². The van der Waals surface area contributed by atoms with E-state index < -0.39 is 5.97 Å². The lowest BCUT2D eigenvalue weighted by atomic mass is 10.1. The standard InChI is InChI=1S/C13H19N3O2/c1-4-10-6-5-9(2)16(10)12-8-14-7-11(15-12)13(17)18-3/h7-10H,4-6H2,1-3H3. The van der Waals surface area contributed by atoms with Crippen LogP contribution in [0, 0.1) is 0 Å². The fraction of sp³-hybridized carbons (Fsp3) is 0.615. The third-order valence-electron chi connectivity index (χ3n) is 3.54. The van der Waals surface area contributed by atoms with Gasteiger partial charge in [0.25, 0.3) is 0 Å². The Labute approximate surface area is 107 Å². The van der Waals surface area contributed by atoms with E-state index in [1.165, 1.54) is 19.7 Å². The Bertz CT molecular complexity index is 436. The Balaban J connectivity index is 2.29. The van der Waals surface area contributed by atoms with Crippen molar-refractivity contribution in [2.75, 3.05) is 12.0 Å².